The predicted molar refractivity (Wildman–Crippen MR) is 94.2 cm³/mol. The minimum absolute atomic E-state index is 0.0411. The summed E-state index contributed by atoms with van der Waals surface area (Å²) in [6, 6.07) is 13.6. The lowest BCUT2D eigenvalue weighted by atomic mass is 10.1. The van der Waals surface area contributed by atoms with Crippen molar-refractivity contribution >= 4 is 11.6 Å². The number of carbonyl (C=O) groups is 1. The van der Waals surface area contributed by atoms with Crippen LogP contribution >= 0.6 is 0 Å². The van der Waals surface area contributed by atoms with Gasteiger partial charge in [0, 0.05) is 43.5 Å². The molecule has 1 aliphatic heterocycles. The van der Waals surface area contributed by atoms with Gasteiger partial charge in [-0.15, -0.1) is 0 Å². The Morgan fingerprint density at radius 2 is 1.69 bits per heavy atom. The molecule has 3 rings (SSSR count). The van der Waals surface area contributed by atoms with Crippen molar-refractivity contribution in [2.24, 2.45) is 0 Å². The van der Waals surface area contributed by atoms with Crippen molar-refractivity contribution < 1.29 is 23.0 Å². The summed E-state index contributed by atoms with van der Waals surface area (Å²) in [5.41, 5.74) is 1.52. The van der Waals surface area contributed by atoms with Crippen LogP contribution in [-0.2, 0) is 0 Å². The summed E-state index contributed by atoms with van der Waals surface area (Å²) in [5.74, 6) is 0.727. The molecule has 2 aromatic rings. The van der Waals surface area contributed by atoms with E-state index in [1.807, 2.05) is 24.3 Å². The highest BCUT2D eigenvalue weighted by atomic mass is 19.3. The standard InChI is InChI=1S/C19H20F2N2O3/c1-25-17-4-2-3-15(13-17)22-9-11-23(12-10-22)18(24)14-5-7-16(8-6-14)26-19(20)21/h2-8,13,19H,9-12H2,1H3. The first-order valence-electron chi connectivity index (χ1n) is 8.30. The van der Waals surface area contributed by atoms with Crippen LogP contribution < -0.4 is 14.4 Å². The van der Waals surface area contributed by atoms with Crippen LogP contribution in [0.4, 0.5) is 14.5 Å². The minimum Gasteiger partial charge on any atom is -0.497 e. The first-order valence-corrected chi connectivity index (χ1v) is 8.30. The van der Waals surface area contributed by atoms with Gasteiger partial charge in [0.15, 0.2) is 0 Å². The fraction of sp³-hybridized carbons (Fsp3) is 0.316. The molecule has 1 amide bonds. The topological polar surface area (TPSA) is 42.0 Å². The van der Waals surface area contributed by atoms with Crippen molar-refractivity contribution in [3.8, 4) is 11.5 Å². The summed E-state index contributed by atoms with van der Waals surface area (Å²) in [7, 11) is 1.63. The SMILES string of the molecule is COc1cccc(N2CCN(C(=O)c3ccc(OC(F)F)cc3)CC2)c1. The van der Waals surface area contributed by atoms with E-state index in [1.54, 1.807) is 12.0 Å². The summed E-state index contributed by atoms with van der Waals surface area (Å²) in [5, 5.41) is 0. The van der Waals surface area contributed by atoms with Crippen LogP contribution in [0.5, 0.6) is 11.5 Å². The lowest BCUT2D eigenvalue weighted by Crippen LogP contribution is -2.48. The molecule has 1 fully saturated rings. The van der Waals surface area contributed by atoms with Crippen LogP contribution in [-0.4, -0.2) is 50.7 Å². The van der Waals surface area contributed by atoms with Gasteiger partial charge >= 0.3 is 6.61 Å². The average Bonchev–Trinajstić information content (AvgIpc) is 2.68. The Balaban J connectivity index is 1.59. The summed E-state index contributed by atoms with van der Waals surface area (Å²) < 4.78 is 33.9. The van der Waals surface area contributed by atoms with Crippen LogP contribution in [0.3, 0.4) is 0 Å². The van der Waals surface area contributed by atoms with Gasteiger partial charge in [0.25, 0.3) is 5.91 Å². The third-order valence-electron chi connectivity index (χ3n) is 4.31. The van der Waals surface area contributed by atoms with Crippen LogP contribution in [0, 0.1) is 0 Å². The number of hydrogen-bond acceptors (Lipinski definition) is 4. The zero-order chi connectivity index (χ0) is 18.5. The minimum atomic E-state index is -2.87. The normalized spacial score (nSPS) is 14.5. The maximum atomic E-state index is 12.6. The first kappa shape index (κ1) is 18.0. The highest BCUT2D eigenvalue weighted by molar-refractivity contribution is 5.94. The van der Waals surface area contributed by atoms with E-state index in [1.165, 1.54) is 24.3 Å². The van der Waals surface area contributed by atoms with Gasteiger partial charge in [-0.1, -0.05) is 6.07 Å². The van der Waals surface area contributed by atoms with E-state index in [9.17, 15) is 13.6 Å². The van der Waals surface area contributed by atoms with Gasteiger partial charge in [-0.2, -0.15) is 8.78 Å². The molecule has 0 aromatic heterocycles. The Morgan fingerprint density at radius 1 is 1.00 bits per heavy atom. The molecular weight excluding hydrogens is 342 g/mol. The van der Waals surface area contributed by atoms with E-state index < -0.39 is 6.61 Å². The number of nitrogens with zero attached hydrogens (tertiary/aromatic N) is 2. The molecule has 0 spiro atoms. The largest absolute Gasteiger partial charge is 0.497 e. The second kappa shape index (κ2) is 8.03. The van der Waals surface area contributed by atoms with Crippen molar-refractivity contribution in [2.45, 2.75) is 6.61 Å². The Morgan fingerprint density at radius 3 is 2.31 bits per heavy atom. The smallest absolute Gasteiger partial charge is 0.387 e. The molecule has 0 aliphatic carbocycles. The third-order valence-corrected chi connectivity index (χ3v) is 4.31. The molecule has 0 unspecified atom stereocenters. The highest BCUT2D eigenvalue weighted by Crippen LogP contribution is 2.23. The molecule has 0 atom stereocenters. The maximum absolute atomic E-state index is 12.6. The van der Waals surface area contributed by atoms with E-state index in [0.717, 1.165) is 11.4 Å². The average molecular weight is 362 g/mol. The number of hydrogen-bond donors (Lipinski definition) is 0. The fourth-order valence-electron chi connectivity index (χ4n) is 2.94. The number of rotatable bonds is 5. The van der Waals surface area contributed by atoms with Gasteiger partial charge in [0.1, 0.15) is 11.5 Å². The summed E-state index contributed by atoms with van der Waals surface area (Å²) >= 11 is 0. The number of ether oxygens (including phenoxy) is 2. The Hall–Kier alpha value is -2.83. The van der Waals surface area contributed by atoms with E-state index in [4.69, 9.17) is 4.74 Å². The lowest BCUT2D eigenvalue weighted by molar-refractivity contribution is -0.0498. The van der Waals surface area contributed by atoms with Crippen molar-refractivity contribution in [2.75, 3.05) is 38.2 Å². The zero-order valence-electron chi connectivity index (χ0n) is 14.4. The number of halogens is 2. The van der Waals surface area contributed by atoms with Crippen LogP contribution in [0.1, 0.15) is 10.4 Å². The van der Waals surface area contributed by atoms with Gasteiger partial charge in [-0.05, 0) is 36.4 Å². The quantitative estimate of drug-likeness (QED) is 0.819. The molecule has 0 radical (unpaired) electrons. The fourth-order valence-corrected chi connectivity index (χ4v) is 2.94. The maximum Gasteiger partial charge on any atom is 0.387 e. The number of amides is 1. The molecule has 0 bridgehead atoms. The highest BCUT2D eigenvalue weighted by Gasteiger charge is 2.22. The number of methoxy groups -OCH3 is 1. The molecule has 0 N–H and O–H groups in total. The van der Waals surface area contributed by atoms with Gasteiger partial charge in [-0.25, -0.2) is 0 Å². The van der Waals surface area contributed by atoms with Crippen molar-refractivity contribution in [3.63, 3.8) is 0 Å². The van der Waals surface area contributed by atoms with Crippen molar-refractivity contribution in [1.82, 2.24) is 4.90 Å². The molecule has 1 aliphatic rings. The molecule has 26 heavy (non-hydrogen) atoms. The Labute approximate surface area is 150 Å². The number of anilines is 1. The van der Waals surface area contributed by atoms with Crippen molar-refractivity contribution in [1.29, 1.82) is 0 Å². The van der Waals surface area contributed by atoms with E-state index in [0.29, 0.717) is 31.7 Å². The van der Waals surface area contributed by atoms with Crippen LogP contribution in [0.2, 0.25) is 0 Å². The third kappa shape index (κ3) is 4.22. The predicted octanol–water partition coefficient (Wildman–Crippen LogP) is 3.26. The van der Waals surface area contributed by atoms with Gasteiger partial charge < -0.3 is 19.3 Å². The summed E-state index contributed by atoms with van der Waals surface area (Å²) in [6.45, 7) is -0.269. The molecule has 0 saturated carbocycles. The van der Waals surface area contributed by atoms with Gasteiger partial charge in [0.2, 0.25) is 0 Å². The number of piperazine rings is 1. The second-order valence-corrected chi connectivity index (χ2v) is 5.88. The van der Waals surface area contributed by atoms with E-state index >= 15 is 0 Å². The van der Waals surface area contributed by atoms with E-state index in [-0.39, 0.29) is 11.7 Å². The van der Waals surface area contributed by atoms with Crippen LogP contribution in [0.15, 0.2) is 48.5 Å². The Bertz CT molecular complexity index is 745. The second-order valence-electron chi connectivity index (χ2n) is 5.88. The molecule has 2 aromatic carbocycles. The number of carbonyl (C=O) groups excluding carboxylic acids is 1. The first-order chi connectivity index (χ1) is 12.6. The van der Waals surface area contributed by atoms with Crippen molar-refractivity contribution in [3.05, 3.63) is 54.1 Å². The lowest BCUT2D eigenvalue weighted by Gasteiger charge is -2.36. The van der Waals surface area contributed by atoms with E-state index in [2.05, 4.69) is 9.64 Å². The van der Waals surface area contributed by atoms with Gasteiger partial charge in [-0.3, -0.25) is 4.79 Å². The molecule has 5 nitrogen and oxygen atoms in total. The molecule has 7 heteroatoms. The molecule has 138 valence electrons. The van der Waals surface area contributed by atoms with Crippen LogP contribution in [0.25, 0.3) is 0 Å². The summed E-state index contributed by atoms with van der Waals surface area (Å²) in [4.78, 5) is 16.5. The molecule has 1 saturated heterocycles. The van der Waals surface area contributed by atoms with Gasteiger partial charge in [0.05, 0.1) is 7.11 Å². The number of benzene rings is 2. The Kier molecular flexibility index (Phi) is 5.55. The molecule has 1 heterocycles. The summed E-state index contributed by atoms with van der Waals surface area (Å²) in [6.07, 6.45) is 0. The number of alkyl halides is 2. The monoisotopic (exact) mass is 362 g/mol. The zero-order valence-corrected chi connectivity index (χ0v) is 14.4. The molecular formula is C19H20F2N2O3.